The molecule has 8 bridgehead atoms. The molecule has 0 saturated carbocycles. The first-order valence-corrected chi connectivity index (χ1v) is 36.6. The number of benzene rings is 13. The summed E-state index contributed by atoms with van der Waals surface area (Å²) in [7, 11) is 0. The van der Waals surface area contributed by atoms with Crippen LogP contribution in [0.3, 0.4) is 0 Å². The van der Waals surface area contributed by atoms with Gasteiger partial charge in [0.15, 0.2) is 0 Å². The van der Waals surface area contributed by atoms with Gasteiger partial charge in [0.2, 0.25) is 0 Å². The number of fused-ring (bicyclic) bond motifs is 24. The predicted octanol–water partition coefficient (Wildman–Crippen LogP) is 20.2. The summed E-state index contributed by atoms with van der Waals surface area (Å²) in [6, 6.07) is 103. The molecule has 0 N–H and O–H groups in total. The Morgan fingerprint density at radius 1 is 0.204 bits per heavy atom. The Balaban J connectivity index is 0.844. The Morgan fingerprint density at radius 2 is 0.418 bits per heavy atom. The summed E-state index contributed by atoms with van der Waals surface area (Å²) < 4.78 is 116. The molecule has 0 fully saturated rings. The van der Waals surface area contributed by atoms with E-state index in [0.29, 0.717) is 84.8 Å². The quantitative estimate of drug-likeness (QED) is 0.161. The maximum atomic E-state index is 9.52. The van der Waals surface area contributed by atoms with E-state index in [-0.39, 0.29) is 0 Å². The summed E-state index contributed by atoms with van der Waals surface area (Å²) in [5, 5.41) is 0. The van der Waals surface area contributed by atoms with Crippen LogP contribution >= 0.6 is 0 Å². The average molecular weight is 1640 g/mol. The van der Waals surface area contributed by atoms with E-state index in [0.717, 1.165) is 78.6 Å². The molecule has 0 unspecified atom stereocenters. The summed E-state index contributed by atoms with van der Waals surface area (Å²) in [6.45, 7) is -11.0. The van der Waals surface area contributed by atoms with Gasteiger partial charge in [0.05, 0.1) is 0 Å². The Bertz CT molecular complexity index is 5340. The summed E-state index contributed by atoms with van der Waals surface area (Å²) >= 11 is -3.66. The van der Waals surface area contributed by atoms with E-state index in [1.54, 1.807) is 0 Å². The van der Waals surface area contributed by atoms with Gasteiger partial charge in [-0.15, -0.1) is 0 Å². The third kappa shape index (κ3) is 9.15. The summed E-state index contributed by atoms with van der Waals surface area (Å²) in [5.41, 5.74) is 18.1. The Morgan fingerprint density at radius 3 is 0.643 bits per heavy atom. The van der Waals surface area contributed by atoms with Crippen LogP contribution in [0.15, 0.2) is 315 Å². The van der Waals surface area contributed by atoms with Gasteiger partial charge in [-0.2, -0.15) is 0 Å². The van der Waals surface area contributed by atoms with Crippen LogP contribution in [0.1, 0.15) is 16.4 Å². The van der Waals surface area contributed by atoms with Crippen molar-refractivity contribution in [2.24, 2.45) is 0 Å². The first-order valence-electron chi connectivity index (χ1n) is 38.1. The average Bonchev–Trinajstić information content (AvgIpc) is 1.55. The molecule has 6 heterocycles. The fourth-order valence-corrected chi connectivity index (χ4v) is 20.6. The molecule has 10 nitrogen and oxygen atoms in total. The second-order valence-corrected chi connectivity index (χ2v) is 29.4. The van der Waals surface area contributed by atoms with E-state index in [4.69, 9.17) is 0 Å². The van der Waals surface area contributed by atoms with Gasteiger partial charge in [-0.05, 0) is 0 Å². The molecule has 6 aliphatic heterocycles. The molecule has 0 spiro atoms. The van der Waals surface area contributed by atoms with Gasteiger partial charge in [0.25, 0.3) is 0 Å². The van der Waals surface area contributed by atoms with Crippen molar-refractivity contribution < 1.29 is 51.7 Å². The van der Waals surface area contributed by atoms with Crippen LogP contribution in [-0.2, 0) is 35.3 Å². The Kier molecular flexibility index (Phi) is 11.1. The third-order valence-corrected chi connectivity index (χ3v) is 24.8. The van der Waals surface area contributed by atoms with Crippen LogP contribution in [-0.4, -0.2) is 44.5 Å². The zero-order chi connectivity index (χ0) is 75.3. The molecule has 12 heteroatoms. The third-order valence-electron chi connectivity index (χ3n) is 18.7. The van der Waals surface area contributed by atoms with Crippen LogP contribution < -0.4 is 49.0 Å². The number of nitrogens with zero attached hydrogens (tertiary/aromatic N) is 10. The van der Waals surface area contributed by atoms with E-state index in [9.17, 15) is 16.4 Å². The Labute approximate surface area is 603 Å². The number of hydrogen-bond donors (Lipinski definition) is 0. The van der Waals surface area contributed by atoms with Crippen LogP contribution in [0, 0.1) is 0 Å². The zero-order valence-electron chi connectivity index (χ0n) is 64.1. The van der Waals surface area contributed by atoms with E-state index >= 15 is 0 Å². The number of anilines is 18. The molecular formula is C86H64N10Pt2. The van der Waals surface area contributed by atoms with Gasteiger partial charge >= 0.3 is 608 Å². The molecule has 0 aromatic heterocycles. The van der Waals surface area contributed by atoms with Crippen molar-refractivity contribution in [2.45, 2.75) is 0 Å². The first-order chi connectivity index (χ1) is 53.2. The van der Waals surface area contributed by atoms with Gasteiger partial charge in [-0.1, -0.05) is 0 Å². The molecule has 0 atom stereocenters. The van der Waals surface area contributed by atoms with Crippen LogP contribution in [0.5, 0.6) is 0 Å². The fourth-order valence-electron chi connectivity index (χ4n) is 14.3. The minimum absolute atomic E-state index is 0.431. The maximum absolute atomic E-state index is 9.52. The SMILES string of the molecule is [2H]C([2H])([2H])N1[C]2=[Pt]=[C]3N(c4cccc(c4)N(c4ccc(N5c6cccc(c6)N6[C](=[Pt]=[C]7N(c8cccc5c8)c5c(-c8ccccc8)cccc5N7C([2H])([2H])[2H])N(C([2H])([2H])[2H])c5cccc(-c7ccccc7)c56)cc4)c4cccc(c4)N2c2c(-c4ccccc4)cccc21)c1c(-c2ccccc2)cccc1N3C([2H])([2H])[2H]. The molecule has 13 aromatic rings. The second-order valence-electron chi connectivity index (χ2n) is 24.2. The minimum atomic E-state index is -2.75. The van der Waals surface area contributed by atoms with Gasteiger partial charge in [0.1, 0.15) is 0 Å². The summed E-state index contributed by atoms with van der Waals surface area (Å²) in [4.78, 5) is 18.4. The summed E-state index contributed by atoms with van der Waals surface area (Å²) in [6.07, 6.45) is 0. The Hall–Kier alpha value is -11.3. The summed E-state index contributed by atoms with van der Waals surface area (Å²) in [5.74, 6) is 0. The van der Waals surface area contributed by atoms with Crippen molar-refractivity contribution in [3.63, 3.8) is 0 Å². The first kappa shape index (κ1) is 46.8. The van der Waals surface area contributed by atoms with Gasteiger partial charge < -0.3 is 0 Å². The van der Waals surface area contributed by atoms with Crippen LogP contribution in [0.25, 0.3) is 44.5 Å². The zero-order valence-corrected chi connectivity index (χ0v) is 56.7. The van der Waals surface area contributed by atoms with Crippen LogP contribution in [0.2, 0.25) is 0 Å². The van der Waals surface area contributed by atoms with E-state index in [1.807, 2.05) is 267 Å². The number of para-hydroxylation sites is 4. The molecule has 0 saturated heterocycles. The molecule has 6 aliphatic rings. The van der Waals surface area contributed by atoms with Crippen molar-refractivity contribution in [3.05, 3.63) is 315 Å². The van der Waals surface area contributed by atoms with Gasteiger partial charge in [-0.3, -0.25) is 0 Å². The van der Waals surface area contributed by atoms with Crippen molar-refractivity contribution >= 4 is 119 Å². The monoisotopic (exact) mass is 1640 g/mol. The van der Waals surface area contributed by atoms with Crippen molar-refractivity contribution in [3.8, 4) is 44.5 Å². The molecule has 0 aliphatic carbocycles. The predicted molar refractivity (Wildman–Crippen MR) is 406 cm³/mol. The molecule has 478 valence electrons. The molecule has 13 aromatic carbocycles. The standard InChI is InChI=1S/C86H64N10.2Pt/c1-87-57-91(83-75(41-21-45-79(83)87)61-25-9-5-10-26-61)67-33-17-37-71(53-67)95(72-38-18-34-68(54-72)92-58-88(2)80-46-22-42-76(84(80)92)62-27-11-6-12-28-62)65-49-51-66(52-50-65)96(73-39-19-35-69(55-73)93-59-89(3)81-47-23-43-77(85(81)93)63-29-13-7-14-30-63)74-40-20-36-70(56-74)94-60-90(4)82-48-24-44-78(86(82)94)64-31-15-8-16-32-64;;/h5-56H,1-4H3;;/i1D3,2D3,3D3,4D3;;. The molecule has 98 heavy (non-hydrogen) atoms. The molecular weight excluding hydrogens is 1560 g/mol. The normalized spacial score (nSPS) is 17.3. The molecule has 19 rings (SSSR count). The van der Waals surface area contributed by atoms with E-state index < -0.39 is 63.2 Å². The van der Waals surface area contributed by atoms with E-state index in [2.05, 4.69) is 77.9 Å². The van der Waals surface area contributed by atoms with Gasteiger partial charge in [0, 0.05) is 0 Å². The number of rotatable bonds is 6. The molecule has 0 amide bonds. The van der Waals surface area contributed by atoms with Crippen molar-refractivity contribution in [2.75, 3.05) is 76.9 Å². The molecule has 0 radical (unpaired) electrons. The van der Waals surface area contributed by atoms with Gasteiger partial charge in [-0.25, -0.2) is 0 Å². The number of hydrogen-bond acceptors (Lipinski definition) is 10. The van der Waals surface area contributed by atoms with E-state index in [1.165, 1.54) is 19.6 Å². The second kappa shape index (κ2) is 23.2. The van der Waals surface area contributed by atoms with Crippen molar-refractivity contribution in [1.29, 1.82) is 0 Å². The topological polar surface area (TPSA) is 32.4 Å². The van der Waals surface area contributed by atoms with Crippen molar-refractivity contribution in [1.82, 2.24) is 0 Å². The fraction of sp³-hybridized carbons (Fsp3) is 0.0465. The van der Waals surface area contributed by atoms with Crippen LogP contribution in [0.4, 0.5) is 102 Å².